The molecule has 10 heavy (non-hydrogen) atoms. The van der Waals surface area contributed by atoms with Crippen LogP contribution in [0.25, 0.3) is 0 Å². The highest BCUT2D eigenvalue weighted by atomic mass is 19.1. The van der Waals surface area contributed by atoms with Gasteiger partial charge in [-0.15, -0.1) is 0 Å². The van der Waals surface area contributed by atoms with Gasteiger partial charge in [0, 0.05) is 12.5 Å². The van der Waals surface area contributed by atoms with E-state index in [4.69, 9.17) is 5.11 Å². The molecule has 0 radical (unpaired) electrons. The molecule has 0 fully saturated rings. The van der Waals surface area contributed by atoms with E-state index in [0.717, 1.165) is 11.6 Å². The summed E-state index contributed by atoms with van der Waals surface area (Å²) in [5, 5.41) is 8.93. The molecule has 1 rings (SSSR count). The average Bonchev–Trinajstić information content (AvgIpc) is 1.93. The molecule has 0 aromatic heterocycles. The smallest absolute Gasteiger partial charge is 0.118 e. The summed E-state index contributed by atoms with van der Waals surface area (Å²) in [5.41, 5.74) is 0.890. The number of rotatable bonds is 0. The van der Waals surface area contributed by atoms with E-state index in [-0.39, 0.29) is 18.0 Å². The third kappa shape index (κ3) is 1.72. The molecule has 1 nitrogen and oxygen atoms in total. The van der Waals surface area contributed by atoms with Crippen LogP contribution in [-0.2, 0) is 0 Å². The predicted octanol–water partition coefficient (Wildman–Crippen LogP) is 2.63. The first-order chi connectivity index (χ1) is 4.68. The van der Waals surface area contributed by atoms with E-state index < -0.39 is 0 Å². The summed E-state index contributed by atoms with van der Waals surface area (Å²) in [5.74, 6) is -0.311. The molecule has 2 heteroatoms. The van der Waals surface area contributed by atoms with Crippen LogP contribution in [0.2, 0.25) is 0 Å². The highest BCUT2D eigenvalue weighted by Crippen LogP contribution is 2.14. The summed E-state index contributed by atoms with van der Waals surface area (Å²) in [4.78, 5) is 0. The Balaban J connectivity index is 2.90. The molecule has 0 aromatic rings. The summed E-state index contributed by atoms with van der Waals surface area (Å²) in [6, 6.07) is 0. The lowest BCUT2D eigenvalue weighted by Crippen LogP contribution is -1.73. The van der Waals surface area contributed by atoms with Crippen molar-refractivity contribution in [3.63, 3.8) is 0 Å². The molecule has 54 valence electrons. The summed E-state index contributed by atoms with van der Waals surface area (Å²) in [7, 11) is 0. The summed E-state index contributed by atoms with van der Waals surface area (Å²) in [6.07, 6.45) is 4.68. The van der Waals surface area contributed by atoms with Crippen LogP contribution in [0, 0.1) is 0 Å². The first-order valence-corrected chi connectivity index (χ1v) is 3.12. The zero-order valence-corrected chi connectivity index (χ0v) is 5.76. The van der Waals surface area contributed by atoms with Crippen molar-refractivity contribution in [1.29, 1.82) is 0 Å². The Bertz CT molecular complexity index is 223. The number of aliphatic hydroxyl groups is 1. The third-order valence-corrected chi connectivity index (χ3v) is 1.30. The number of hydrogen-bond acceptors (Lipinski definition) is 1. The molecule has 0 heterocycles. The molecule has 0 atom stereocenters. The van der Waals surface area contributed by atoms with Crippen molar-refractivity contribution < 1.29 is 9.50 Å². The minimum Gasteiger partial charge on any atom is -0.508 e. The van der Waals surface area contributed by atoms with Crippen LogP contribution in [-0.4, -0.2) is 5.11 Å². The fraction of sp³-hybridized carbons (Fsp3) is 0.250. The lowest BCUT2D eigenvalue weighted by molar-refractivity contribution is 0.428. The lowest BCUT2D eigenvalue weighted by atomic mass is 10.2. The maximum Gasteiger partial charge on any atom is 0.118 e. The Morgan fingerprint density at radius 1 is 1.50 bits per heavy atom. The van der Waals surface area contributed by atoms with Crippen LogP contribution < -0.4 is 0 Å². The Morgan fingerprint density at radius 2 is 2.20 bits per heavy atom. The number of hydrogen-bond donors (Lipinski definition) is 1. The molecule has 0 saturated heterocycles. The average molecular weight is 140 g/mol. The number of allylic oxidation sites excluding steroid dienone is 5. The first kappa shape index (κ1) is 7.06. The number of aliphatic hydroxyl groups excluding tert-OH is 1. The van der Waals surface area contributed by atoms with Gasteiger partial charge in [-0.05, 0) is 13.0 Å². The molecule has 0 spiro atoms. The summed E-state index contributed by atoms with van der Waals surface area (Å²) in [6.45, 7) is 1.82. The normalized spacial score (nSPS) is 18.8. The van der Waals surface area contributed by atoms with Crippen LogP contribution in [0.4, 0.5) is 4.39 Å². The Morgan fingerprint density at radius 3 is 2.90 bits per heavy atom. The van der Waals surface area contributed by atoms with Crippen LogP contribution in [0.15, 0.2) is 35.4 Å². The van der Waals surface area contributed by atoms with Gasteiger partial charge in [0.05, 0.1) is 0 Å². The van der Waals surface area contributed by atoms with Crippen molar-refractivity contribution in [2.75, 3.05) is 0 Å². The standard InChI is InChI=1S/C8H9FO/c1-6-2-3-7(9)5-8(10)4-6/h2,4-5,10H,3H2,1H3. The molecule has 0 saturated carbocycles. The SMILES string of the molecule is CC1=CCC(F)=CC(O)=C1. The van der Waals surface area contributed by atoms with Gasteiger partial charge in [-0.3, -0.25) is 0 Å². The van der Waals surface area contributed by atoms with Crippen molar-refractivity contribution in [3.05, 3.63) is 35.4 Å². The molecule has 0 bridgehead atoms. The quantitative estimate of drug-likeness (QED) is 0.548. The minimum absolute atomic E-state index is 0.0104. The predicted molar refractivity (Wildman–Crippen MR) is 38.3 cm³/mol. The Kier molecular flexibility index (Phi) is 1.90. The molecule has 1 N–H and O–H groups in total. The van der Waals surface area contributed by atoms with Crippen LogP contribution in [0.5, 0.6) is 0 Å². The second-order valence-electron chi connectivity index (χ2n) is 2.31. The van der Waals surface area contributed by atoms with Gasteiger partial charge < -0.3 is 5.11 Å². The Labute approximate surface area is 59.2 Å². The van der Waals surface area contributed by atoms with Gasteiger partial charge in [-0.1, -0.05) is 11.6 Å². The van der Waals surface area contributed by atoms with Crippen LogP contribution in [0.3, 0.4) is 0 Å². The molecular formula is C8H9FO. The van der Waals surface area contributed by atoms with Gasteiger partial charge in [0.15, 0.2) is 0 Å². The monoisotopic (exact) mass is 140 g/mol. The molecule has 0 aliphatic heterocycles. The molecule has 0 aromatic carbocycles. The van der Waals surface area contributed by atoms with E-state index in [1.807, 2.05) is 6.92 Å². The van der Waals surface area contributed by atoms with E-state index in [2.05, 4.69) is 0 Å². The first-order valence-electron chi connectivity index (χ1n) is 3.12. The van der Waals surface area contributed by atoms with Gasteiger partial charge >= 0.3 is 0 Å². The van der Waals surface area contributed by atoms with Crippen molar-refractivity contribution in [3.8, 4) is 0 Å². The maximum atomic E-state index is 12.5. The minimum atomic E-state index is -0.300. The third-order valence-electron chi connectivity index (χ3n) is 1.30. The van der Waals surface area contributed by atoms with E-state index in [0.29, 0.717) is 0 Å². The maximum absolute atomic E-state index is 12.5. The zero-order chi connectivity index (χ0) is 7.56. The van der Waals surface area contributed by atoms with Gasteiger partial charge in [0.25, 0.3) is 0 Å². The van der Waals surface area contributed by atoms with Crippen LogP contribution in [0.1, 0.15) is 13.3 Å². The Hall–Kier alpha value is -1.05. The molecule has 0 unspecified atom stereocenters. The van der Waals surface area contributed by atoms with Gasteiger partial charge in [-0.2, -0.15) is 0 Å². The molecule has 1 aliphatic carbocycles. The zero-order valence-electron chi connectivity index (χ0n) is 5.76. The topological polar surface area (TPSA) is 20.2 Å². The summed E-state index contributed by atoms with van der Waals surface area (Å²) < 4.78 is 12.5. The van der Waals surface area contributed by atoms with E-state index in [9.17, 15) is 4.39 Å². The number of halogens is 1. The molecule has 0 amide bonds. The highest BCUT2D eigenvalue weighted by Gasteiger charge is 1.99. The van der Waals surface area contributed by atoms with E-state index in [1.54, 1.807) is 6.08 Å². The van der Waals surface area contributed by atoms with Crippen molar-refractivity contribution in [2.45, 2.75) is 13.3 Å². The van der Waals surface area contributed by atoms with E-state index in [1.165, 1.54) is 6.08 Å². The van der Waals surface area contributed by atoms with E-state index >= 15 is 0 Å². The van der Waals surface area contributed by atoms with Gasteiger partial charge in [0.2, 0.25) is 0 Å². The van der Waals surface area contributed by atoms with Crippen molar-refractivity contribution in [1.82, 2.24) is 0 Å². The molecule has 1 aliphatic rings. The highest BCUT2D eigenvalue weighted by molar-refractivity contribution is 5.29. The summed E-state index contributed by atoms with van der Waals surface area (Å²) >= 11 is 0. The van der Waals surface area contributed by atoms with Gasteiger partial charge in [-0.25, -0.2) is 4.39 Å². The fourth-order valence-corrected chi connectivity index (χ4v) is 0.812. The molecular weight excluding hydrogens is 131 g/mol. The van der Waals surface area contributed by atoms with Crippen molar-refractivity contribution in [2.24, 2.45) is 0 Å². The fourth-order valence-electron chi connectivity index (χ4n) is 0.812. The van der Waals surface area contributed by atoms with Crippen molar-refractivity contribution >= 4 is 0 Å². The second kappa shape index (κ2) is 2.69. The lowest BCUT2D eigenvalue weighted by Gasteiger charge is -1.87. The second-order valence-corrected chi connectivity index (χ2v) is 2.31. The van der Waals surface area contributed by atoms with Gasteiger partial charge in [0.1, 0.15) is 11.6 Å². The van der Waals surface area contributed by atoms with Crippen LogP contribution >= 0.6 is 0 Å². The largest absolute Gasteiger partial charge is 0.508 e.